The second-order valence-corrected chi connectivity index (χ2v) is 18.7. The maximum Gasteiger partial charge on any atom is 0.179 e. The van der Waals surface area contributed by atoms with E-state index < -0.39 is 8.07 Å². The Morgan fingerprint density at radius 1 is 0.377 bits per heavy atom. The lowest BCUT2D eigenvalue weighted by molar-refractivity contribution is 0.660. The molecular formula is C51H39NSi. The van der Waals surface area contributed by atoms with Crippen molar-refractivity contribution in [1.82, 2.24) is 4.57 Å². The van der Waals surface area contributed by atoms with Gasteiger partial charge in [-0.1, -0.05) is 184 Å². The summed E-state index contributed by atoms with van der Waals surface area (Å²) in [6.07, 6.45) is 0. The van der Waals surface area contributed by atoms with Gasteiger partial charge in [0.05, 0.1) is 11.0 Å². The third kappa shape index (κ3) is 4.76. The fraction of sp³-hybridized carbons (Fsp3) is 0.0588. The van der Waals surface area contributed by atoms with E-state index in [0.29, 0.717) is 0 Å². The molecule has 9 aromatic rings. The van der Waals surface area contributed by atoms with E-state index in [1.54, 1.807) is 0 Å². The van der Waals surface area contributed by atoms with E-state index in [4.69, 9.17) is 0 Å². The fourth-order valence-corrected chi connectivity index (χ4v) is 14.0. The zero-order valence-corrected chi connectivity index (χ0v) is 31.0. The first-order valence-corrected chi connectivity index (χ1v) is 20.6. The lowest BCUT2D eigenvalue weighted by Crippen LogP contribution is -2.74. The van der Waals surface area contributed by atoms with Gasteiger partial charge in [-0.15, -0.1) is 0 Å². The Kier molecular flexibility index (Phi) is 7.25. The van der Waals surface area contributed by atoms with Crippen LogP contribution in [0.25, 0.3) is 49.7 Å². The quantitative estimate of drug-likeness (QED) is 0.121. The monoisotopic (exact) mass is 693 g/mol. The van der Waals surface area contributed by atoms with Gasteiger partial charge in [0.15, 0.2) is 8.07 Å². The highest BCUT2D eigenvalue weighted by atomic mass is 28.3. The van der Waals surface area contributed by atoms with Gasteiger partial charge in [-0.3, -0.25) is 0 Å². The van der Waals surface area contributed by atoms with Gasteiger partial charge >= 0.3 is 0 Å². The number of hydrogen-bond acceptors (Lipinski definition) is 0. The maximum absolute atomic E-state index is 2.79. The molecule has 1 aliphatic carbocycles. The van der Waals surface area contributed by atoms with Gasteiger partial charge in [0, 0.05) is 21.9 Å². The van der Waals surface area contributed by atoms with Crippen molar-refractivity contribution in [2.75, 3.05) is 0 Å². The van der Waals surface area contributed by atoms with Gasteiger partial charge in [-0.2, -0.15) is 0 Å². The van der Waals surface area contributed by atoms with Gasteiger partial charge in [0.1, 0.15) is 0 Å². The Bertz CT molecular complexity index is 2740. The van der Waals surface area contributed by atoms with Crippen molar-refractivity contribution in [2.24, 2.45) is 0 Å². The van der Waals surface area contributed by atoms with E-state index in [-0.39, 0.29) is 5.41 Å². The summed E-state index contributed by atoms with van der Waals surface area (Å²) in [5, 5.41) is 8.06. The molecule has 1 heterocycles. The molecule has 1 aliphatic rings. The standard InChI is InChI=1S/C51H39NSi/c1-51(2)47-24-14-12-22-43(47)45-34-37(28-32-48(45)51)36-26-29-41(30-27-36)53(39-18-8-4-9-19-39,40-20-10-5-11-21-40)42-31-33-50-46(35-42)44-23-13-15-25-49(44)52(50)38-16-6-3-7-17-38/h3-35H,1-2H3. The van der Waals surface area contributed by atoms with Gasteiger partial charge in [0.2, 0.25) is 0 Å². The highest BCUT2D eigenvalue weighted by Gasteiger charge is 2.42. The van der Waals surface area contributed by atoms with Gasteiger partial charge in [-0.05, 0) is 84.5 Å². The predicted octanol–water partition coefficient (Wildman–Crippen LogP) is 10.1. The van der Waals surface area contributed by atoms with Gasteiger partial charge < -0.3 is 4.57 Å². The van der Waals surface area contributed by atoms with E-state index in [1.807, 2.05) is 0 Å². The summed E-state index contributed by atoms with van der Waals surface area (Å²) in [5.74, 6) is 0. The van der Waals surface area contributed by atoms with Gasteiger partial charge in [-0.25, -0.2) is 0 Å². The molecule has 1 nitrogen and oxygen atoms in total. The Labute approximate surface area is 312 Å². The molecule has 0 saturated heterocycles. The molecule has 1 aromatic heterocycles. The Balaban J connectivity index is 1.19. The third-order valence-corrected chi connectivity index (χ3v) is 16.5. The molecule has 0 N–H and O–H groups in total. The van der Waals surface area contributed by atoms with Crippen molar-refractivity contribution < 1.29 is 0 Å². The van der Waals surface area contributed by atoms with Crippen LogP contribution in [0, 0.1) is 0 Å². The topological polar surface area (TPSA) is 4.93 Å². The molecule has 0 atom stereocenters. The minimum absolute atomic E-state index is 0.000610. The normalized spacial score (nSPS) is 13.2. The summed E-state index contributed by atoms with van der Waals surface area (Å²) in [7, 11) is -2.79. The van der Waals surface area contributed by atoms with E-state index in [0.717, 1.165) is 0 Å². The van der Waals surface area contributed by atoms with Crippen LogP contribution in [0.3, 0.4) is 0 Å². The van der Waals surface area contributed by atoms with Crippen LogP contribution in [0.2, 0.25) is 0 Å². The first-order chi connectivity index (χ1) is 26.0. The molecule has 0 spiro atoms. The molecule has 8 aromatic carbocycles. The average Bonchev–Trinajstić information content (AvgIpc) is 3.67. The number of aromatic nitrogens is 1. The molecule has 0 radical (unpaired) electrons. The number of hydrogen-bond donors (Lipinski definition) is 0. The van der Waals surface area contributed by atoms with Crippen LogP contribution >= 0.6 is 0 Å². The largest absolute Gasteiger partial charge is 0.309 e. The zero-order valence-electron chi connectivity index (χ0n) is 30.0. The van der Waals surface area contributed by atoms with Crippen LogP contribution in [0.15, 0.2) is 200 Å². The van der Waals surface area contributed by atoms with E-state index in [2.05, 4.69) is 219 Å². The molecule has 53 heavy (non-hydrogen) atoms. The summed E-state index contributed by atoms with van der Waals surface area (Å²) in [4.78, 5) is 0. The highest BCUT2D eigenvalue weighted by molar-refractivity contribution is 7.20. The molecule has 10 rings (SSSR count). The lowest BCUT2D eigenvalue weighted by atomic mass is 9.82. The molecule has 2 heteroatoms. The molecule has 0 bridgehead atoms. The van der Waals surface area contributed by atoms with E-state index >= 15 is 0 Å². The number of fused-ring (bicyclic) bond motifs is 6. The highest BCUT2D eigenvalue weighted by Crippen LogP contribution is 2.49. The first kappa shape index (κ1) is 31.5. The second kappa shape index (κ2) is 12.2. The van der Waals surface area contributed by atoms with E-state index in [1.165, 1.54) is 81.6 Å². The van der Waals surface area contributed by atoms with Crippen molar-refractivity contribution >= 4 is 50.6 Å². The lowest BCUT2D eigenvalue weighted by Gasteiger charge is -2.34. The summed E-state index contributed by atoms with van der Waals surface area (Å²) in [6, 6.07) is 74.9. The smallest absolute Gasteiger partial charge is 0.179 e. The van der Waals surface area contributed by atoms with Crippen LogP contribution in [0.5, 0.6) is 0 Å². The van der Waals surface area contributed by atoms with Crippen molar-refractivity contribution in [2.45, 2.75) is 19.3 Å². The van der Waals surface area contributed by atoms with Crippen LogP contribution in [0.1, 0.15) is 25.0 Å². The second-order valence-electron chi connectivity index (χ2n) is 14.9. The minimum atomic E-state index is -2.79. The molecular weight excluding hydrogens is 655 g/mol. The SMILES string of the molecule is CC1(C)c2ccccc2-c2cc(-c3ccc([Si](c4ccccc4)(c4ccccc4)c4ccc5c(c4)c4ccccc4n5-c4ccccc4)cc3)ccc21. The van der Waals surface area contributed by atoms with Gasteiger partial charge in [0.25, 0.3) is 0 Å². The number of rotatable bonds is 6. The Morgan fingerprint density at radius 2 is 0.906 bits per heavy atom. The van der Waals surface area contributed by atoms with Crippen LogP contribution in [-0.4, -0.2) is 12.6 Å². The maximum atomic E-state index is 2.51. The molecule has 0 saturated carbocycles. The Morgan fingerprint density at radius 3 is 1.62 bits per heavy atom. The predicted molar refractivity (Wildman–Crippen MR) is 227 cm³/mol. The fourth-order valence-electron chi connectivity index (χ4n) is 9.25. The van der Waals surface area contributed by atoms with Crippen molar-refractivity contribution in [1.29, 1.82) is 0 Å². The molecule has 0 fully saturated rings. The summed E-state index contributed by atoms with van der Waals surface area (Å²) in [5.41, 5.74) is 11.6. The van der Waals surface area contributed by atoms with Crippen LogP contribution in [0.4, 0.5) is 0 Å². The van der Waals surface area contributed by atoms with Crippen molar-refractivity contribution in [3.8, 4) is 27.9 Å². The van der Waals surface area contributed by atoms with Crippen molar-refractivity contribution in [3.05, 3.63) is 211 Å². The summed E-state index contributed by atoms with van der Waals surface area (Å²) in [6.45, 7) is 4.69. The third-order valence-electron chi connectivity index (χ3n) is 11.8. The molecule has 252 valence electrons. The van der Waals surface area contributed by atoms with Crippen molar-refractivity contribution in [3.63, 3.8) is 0 Å². The average molecular weight is 694 g/mol. The molecule has 0 amide bonds. The van der Waals surface area contributed by atoms with E-state index in [9.17, 15) is 0 Å². The Hall–Kier alpha value is -6.22. The first-order valence-electron chi connectivity index (χ1n) is 18.6. The summed E-state index contributed by atoms with van der Waals surface area (Å²) < 4.78 is 2.41. The zero-order chi connectivity index (χ0) is 35.6. The number of nitrogens with zero attached hydrogens (tertiary/aromatic N) is 1. The van der Waals surface area contributed by atoms with Crippen LogP contribution < -0.4 is 20.7 Å². The molecule has 0 unspecified atom stereocenters. The molecule has 0 aliphatic heterocycles. The summed E-state index contributed by atoms with van der Waals surface area (Å²) >= 11 is 0. The number of benzene rings is 8. The van der Waals surface area contributed by atoms with Crippen LogP contribution in [-0.2, 0) is 5.41 Å². The number of para-hydroxylation sites is 2. The minimum Gasteiger partial charge on any atom is -0.309 e.